The average Bonchev–Trinajstić information content (AvgIpc) is 3.78. The molecule has 0 atom stereocenters. The molecule has 258 valence electrons. The van der Waals surface area contributed by atoms with Gasteiger partial charge in [-0.05, 0) is 48.5 Å². The minimum atomic E-state index is -4.94. The summed E-state index contributed by atoms with van der Waals surface area (Å²) in [6.07, 6.45) is 1.51. The first-order valence-corrected chi connectivity index (χ1v) is 18.6. The van der Waals surface area contributed by atoms with Crippen molar-refractivity contribution in [1.29, 1.82) is 5.26 Å². The molecule has 6 aromatic rings. The van der Waals surface area contributed by atoms with Crippen LogP contribution in [0.2, 0.25) is 0 Å². The highest BCUT2D eigenvalue weighted by Gasteiger charge is 2.53. The fraction of sp³-hybridized carbons (Fsp3) is 0.111. The molecule has 0 bridgehead atoms. The van der Waals surface area contributed by atoms with Crippen LogP contribution < -0.4 is 50.3 Å². The van der Waals surface area contributed by atoms with E-state index < -0.39 is 17.5 Å². The fourth-order valence-corrected chi connectivity index (χ4v) is 9.87. The summed E-state index contributed by atoms with van der Waals surface area (Å²) in [6, 6.07) is 43.1. The minimum Gasteiger partial charge on any atom is -0.417 e. The summed E-state index contributed by atoms with van der Waals surface area (Å²) in [5.41, 5.74) is 4.54. The van der Waals surface area contributed by atoms with Gasteiger partial charge in [0.15, 0.2) is 7.26 Å². The molecule has 0 radical (unpaired) electrons. The van der Waals surface area contributed by atoms with E-state index in [1.54, 1.807) is 0 Å². The predicted octanol–water partition coefficient (Wildman–Crippen LogP) is 0.347. The highest BCUT2D eigenvalue weighted by molar-refractivity contribution is 8.01. The monoisotopic (exact) mass is 724 g/mol. The van der Waals surface area contributed by atoms with Gasteiger partial charge < -0.3 is 18.5 Å². The first-order chi connectivity index (χ1) is 24.8. The SMILES string of the molecule is N#Cc1nc(-c2ccccc2)oc1N/N=C/c1nc([P+](c2ccccc2)(c2ccccc2)c2ccccc2)c(N2CCOCC2)o1.[O-][Cl+3]([O-])([O-])[O-]. The summed E-state index contributed by atoms with van der Waals surface area (Å²) in [4.78, 5) is 11.7. The Kier molecular flexibility index (Phi) is 11.2. The molecule has 0 aliphatic carbocycles. The van der Waals surface area contributed by atoms with Crippen LogP contribution >= 0.6 is 7.26 Å². The lowest BCUT2D eigenvalue weighted by molar-refractivity contribution is -2.00. The van der Waals surface area contributed by atoms with Crippen LogP contribution in [0.3, 0.4) is 0 Å². The second kappa shape index (κ2) is 16.1. The lowest BCUT2D eigenvalue weighted by Gasteiger charge is -2.30. The van der Waals surface area contributed by atoms with Gasteiger partial charge in [-0.1, -0.05) is 72.8 Å². The van der Waals surface area contributed by atoms with Crippen LogP contribution in [0.1, 0.15) is 11.6 Å². The van der Waals surface area contributed by atoms with Crippen molar-refractivity contribution < 1.29 is 42.5 Å². The Morgan fingerprint density at radius 1 is 0.745 bits per heavy atom. The maximum atomic E-state index is 9.69. The Morgan fingerprint density at radius 3 is 1.73 bits per heavy atom. The quantitative estimate of drug-likeness (QED) is 0.122. The number of oxazole rings is 2. The molecule has 3 heterocycles. The van der Waals surface area contributed by atoms with Crippen molar-refractivity contribution in [3.63, 3.8) is 0 Å². The molecule has 1 aliphatic heterocycles. The van der Waals surface area contributed by atoms with Gasteiger partial charge in [0, 0.05) is 18.7 Å². The van der Waals surface area contributed by atoms with Crippen molar-refractivity contribution in [2.75, 3.05) is 36.6 Å². The molecule has 7 rings (SSSR count). The largest absolute Gasteiger partial charge is 0.417 e. The molecule has 4 aromatic carbocycles. The lowest BCUT2D eigenvalue weighted by Crippen LogP contribution is -2.68. The van der Waals surface area contributed by atoms with Gasteiger partial charge in [0.25, 0.3) is 17.2 Å². The van der Waals surface area contributed by atoms with Crippen LogP contribution in [0.4, 0.5) is 11.8 Å². The summed E-state index contributed by atoms with van der Waals surface area (Å²) in [5, 5.41) is 17.5. The van der Waals surface area contributed by atoms with E-state index in [-0.39, 0.29) is 11.6 Å². The zero-order valence-electron chi connectivity index (χ0n) is 26.9. The van der Waals surface area contributed by atoms with Crippen molar-refractivity contribution in [2.24, 2.45) is 5.10 Å². The molecule has 0 saturated carbocycles. The van der Waals surface area contributed by atoms with E-state index >= 15 is 0 Å². The predicted molar refractivity (Wildman–Crippen MR) is 182 cm³/mol. The Hall–Kier alpha value is -5.42. The van der Waals surface area contributed by atoms with Crippen LogP contribution in [-0.2, 0) is 4.74 Å². The number of nitrogens with one attached hydrogen (secondary N) is 1. The van der Waals surface area contributed by atoms with Gasteiger partial charge in [0.2, 0.25) is 17.5 Å². The van der Waals surface area contributed by atoms with E-state index in [1.165, 1.54) is 6.21 Å². The number of halogens is 1. The maximum Gasteiger partial charge on any atom is 0.262 e. The molecule has 0 amide bonds. The summed E-state index contributed by atoms with van der Waals surface area (Å²) in [7, 11) is -7.51. The van der Waals surface area contributed by atoms with E-state index in [0.717, 1.165) is 26.9 Å². The Labute approximate surface area is 295 Å². The molecule has 1 saturated heterocycles. The number of hydrazone groups is 1. The molecule has 51 heavy (non-hydrogen) atoms. The van der Waals surface area contributed by atoms with E-state index in [4.69, 9.17) is 37.2 Å². The van der Waals surface area contributed by atoms with E-state index in [1.807, 2.05) is 48.5 Å². The number of rotatable bonds is 9. The number of nitriles is 1. The summed E-state index contributed by atoms with van der Waals surface area (Å²) in [6.45, 7) is 2.51. The lowest BCUT2D eigenvalue weighted by atomic mass is 10.2. The molecule has 1 aliphatic rings. The smallest absolute Gasteiger partial charge is 0.262 e. The molecule has 0 unspecified atom stereocenters. The minimum absolute atomic E-state index is 0.0975. The van der Waals surface area contributed by atoms with Crippen molar-refractivity contribution >= 4 is 46.6 Å². The summed E-state index contributed by atoms with van der Waals surface area (Å²) >= 11 is 0. The van der Waals surface area contributed by atoms with Gasteiger partial charge in [-0.2, -0.15) is 20.3 Å². The average molecular weight is 725 g/mol. The van der Waals surface area contributed by atoms with Gasteiger partial charge in [-0.15, -0.1) is 10.2 Å². The van der Waals surface area contributed by atoms with Gasteiger partial charge in [0.1, 0.15) is 28.2 Å². The Morgan fingerprint density at radius 2 is 1.24 bits per heavy atom. The van der Waals surface area contributed by atoms with Crippen LogP contribution in [-0.4, -0.2) is 42.5 Å². The highest BCUT2D eigenvalue weighted by atomic mass is 35.7. The number of aromatic nitrogens is 2. The fourth-order valence-electron chi connectivity index (χ4n) is 5.66. The molecule has 2 aromatic heterocycles. The van der Waals surface area contributed by atoms with Gasteiger partial charge in [-0.25, -0.2) is 24.1 Å². The van der Waals surface area contributed by atoms with Crippen molar-refractivity contribution in [3.05, 3.63) is 133 Å². The van der Waals surface area contributed by atoms with Crippen molar-refractivity contribution in [3.8, 4) is 17.5 Å². The third kappa shape index (κ3) is 8.32. The number of anilines is 2. The molecule has 1 fully saturated rings. The van der Waals surface area contributed by atoms with Crippen LogP contribution in [0, 0.1) is 21.6 Å². The van der Waals surface area contributed by atoms with Gasteiger partial charge in [0.05, 0.1) is 13.2 Å². The van der Waals surface area contributed by atoms with Crippen LogP contribution in [0.5, 0.6) is 0 Å². The van der Waals surface area contributed by atoms with E-state index in [0.29, 0.717) is 44.0 Å². The highest BCUT2D eigenvalue weighted by Crippen LogP contribution is 2.56. The van der Waals surface area contributed by atoms with Gasteiger partial charge >= 0.3 is 0 Å². The van der Waals surface area contributed by atoms with E-state index in [2.05, 4.69) is 99.3 Å². The Bertz CT molecular complexity index is 1980. The number of hydrogen-bond donors (Lipinski definition) is 1. The van der Waals surface area contributed by atoms with E-state index in [9.17, 15) is 5.26 Å². The first-order valence-electron chi connectivity index (χ1n) is 15.5. The third-order valence-corrected chi connectivity index (χ3v) is 11.9. The number of nitrogens with zero attached hydrogens (tertiary/aromatic N) is 5. The molecule has 15 heteroatoms. The van der Waals surface area contributed by atoms with Gasteiger partial charge in [-0.3, -0.25) is 0 Å². The summed E-state index contributed by atoms with van der Waals surface area (Å²) < 4.78 is 52.1. The normalized spacial score (nSPS) is 13.4. The molecular weight excluding hydrogens is 695 g/mol. The van der Waals surface area contributed by atoms with Crippen molar-refractivity contribution in [2.45, 2.75) is 0 Å². The second-order valence-corrected chi connectivity index (χ2v) is 15.0. The number of hydrogen-bond acceptors (Lipinski definition) is 13. The number of ether oxygens (including phenoxy) is 1. The zero-order valence-corrected chi connectivity index (χ0v) is 28.5. The number of benzene rings is 4. The first kappa shape index (κ1) is 35.4. The molecular formula is C36H30ClN6O7P. The zero-order chi connectivity index (χ0) is 35.7. The summed E-state index contributed by atoms with van der Waals surface area (Å²) in [5.74, 6) is 1.47. The third-order valence-electron chi connectivity index (χ3n) is 7.75. The molecule has 0 spiro atoms. The molecule has 1 N–H and O–H groups in total. The topological polar surface area (TPSA) is 205 Å². The number of morpholine rings is 1. The second-order valence-electron chi connectivity index (χ2n) is 10.9. The van der Waals surface area contributed by atoms with Crippen molar-refractivity contribution in [1.82, 2.24) is 9.97 Å². The maximum absolute atomic E-state index is 9.69. The van der Waals surface area contributed by atoms with Crippen LogP contribution in [0.25, 0.3) is 11.5 Å². The van der Waals surface area contributed by atoms with Crippen LogP contribution in [0.15, 0.2) is 135 Å². The standard InChI is InChI=1S/C36H30N6O3P.ClHO4/c37-25-31-34(45-33(39-31)27-13-5-1-6-14-27)41-38-26-32-40-35(36(44-32)42-21-23-43-24-22-42)46(28-15-7-2-8-16-28,29-17-9-3-10-18-29)30-19-11-4-12-20-30;2-1(3,4)5/h1-20,26,41H,21-24H2;(H,2,3,4,5)/q+1;/p-1/b38-26+;. The Balaban J connectivity index is 0.000000839. The molecule has 13 nitrogen and oxygen atoms in total.